The molecule has 5 nitrogen and oxygen atoms in total. The fraction of sp³-hybridized carbons (Fsp3) is 0.500. The predicted octanol–water partition coefficient (Wildman–Crippen LogP) is 5.60. The molecule has 1 saturated heterocycles. The van der Waals surface area contributed by atoms with Crippen LogP contribution in [0, 0.1) is 17.8 Å². The van der Waals surface area contributed by atoms with Gasteiger partial charge in [0.15, 0.2) is 0 Å². The van der Waals surface area contributed by atoms with E-state index in [-0.39, 0.29) is 22.7 Å². The number of carbonyl (C=O) groups is 1. The van der Waals surface area contributed by atoms with E-state index in [1.807, 2.05) is 24.4 Å². The zero-order chi connectivity index (χ0) is 23.4. The van der Waals surface area contributed by atoms with Crippen LogP contribution in [0.3, 0.4) is 0 Å². The predicted molar refractivity (Wildman–Crippen MR) is 131 cm³/mol. The number of imidazole rings is 1. The lowest BCUT2D eigenvalue weighted by molar-refractivity contribution is -0.132. The highest BCUT2D eigenvalue weighted by molar-refractivity contribution is 5.79. The van der Waals surface area contributed by atoms with Gasteiger partial charge in [-0.3, -0.25) is 4.79 Å². The standard InChI is InChI=1S/C28H35N3O2/c1-19-10-11-30-23(16-29-25(30)12-19)22(21-8-6-7-9-24(21)33-5)13-26(32)31-18-28(4)15-20(31)14-27(2,3)17-28/h6-12,16,20,22H,13-15,17-18H2,1-5H3. The first-order valence-corrected chi connectivity index (χ1v) is 12.0. The molecule has 0 N–H and O–H groups in total. The zero-order valence-electron chi connectivity index (χ0n) is 20.5. The molecule has 1 aromatic carbocycles. The van der Waals surface area contributed by atoms with Crippen LogP contribution in [0.4, 0.5) is 0 Å². The molecule has 5 heteroatoms. The van der Waals surface area contributed by atoms with Crippen LogP contribution in [0.25, 0.3) is 5.65 Å². The number of aromatic nitrogens is 2. The van der Waals surface area contributed by atoms with E-state index in [1.54, 1.807) is 7.11 Å². The molecule has 1 aliphatic carbocycles. The van der Waals surface area contributed by atoms with Crippen molar-refractivity contribution in [2.24, 2.45) is 10.8 Å². The lowest BCUT2D eigenvalue weighted by atomic mass is 9.65. The summed E-state index contributed by atoms with van der Waals surface area (Å²) in [5.74, 6) is 0.914. The Hall–Kier alpha value is -2.82. The van der Waals surface area contributed by atoms with Crippen LogP contribution in [-0.2, 0) is 4.79 Å². The van der Waals surface area contributed by atoms with E-state index in [9.17, 15) is 4.79 Å². The van der Waals surface area contributed by atoms with Gasteiger partial charge in [0, 0.05) is 42.9 Å². The monoisotopic (exact) mass is 445 g/mol. The number of hydrogen-bond acceptors (Lipinski definition) is 3. The summed E-state index contributed by atoms with van der Waals surface area (Å²) in [6.07, 6.45) is 7.79. The molecule has 3 heterocycles. The summed E-state index contributed by atoms with van der Waals surface area (Å²) in [7, 11) is 1.70. The fourth-order valence-corrected chi connectivity index (χ4v) is 6.73. The lowest BCUT2D eigenvalue weighted by Crippen LogP contribution is -2.38. The van der Waals surface area contributed by atoms with Crippen LogP contribution in [0.2, 0.25) is 0 Å². The van der Waals surface area contributed by atoms with E-state index in [2.05, 4.69) is 66.4 Å². The topological polar surface area (TPSA) is 46.8 Å². The summed E-state index contributed by atoms with van der Waals surface area (Å²) >= 11 is 0. The van der Waals surface area contributed by atoms with Gasteiger partial charge in [0.05, 0.1) is 12.8 Å². The highest BCUT2D eigenvalue weighted by atomic mass is 16.5. The molecule has 2 fully saturated rings. The van der Waals surface area contributed by atoms with Crippen molar-refractivity contribution in [1.29, 1.82) is 0 Å². The molecule has 3 unspecified atom stereocenters. The average Bonchev–Trinajstić information content (AvgIpc) is 3.28. The van der Waals surface area contributed by atoms with Crippen molar-refractivity contribution in [2.45, 2.75) is 65.3 Å². The van der Waals surface area contributed by atoms with Crippen molar-refractivity contribution in [3.05, 3.63) is 65.6 Å². The maximum absolute atomic E-state index is 13.9. The molecule has 33 heavy (non-hydrogen) atoms. The number of rotatable bonds is 5. The summed E-state index contributed by atoms with van der Waals surface area (Å²) in [5.41, 5.74) is 4.64. The minimum Gasteiger partial charge on any atom is -0.496 e. The third kappa shape index (κ3) is 4.03. The second kappa shape index (κ2) is 7.89. The van der Waals surface area contributed by atoms with Crippen molar-refractivity contribution in [3.63, 3.8) is 0 Å². The number of fused-ring (bicyclic) bond motifs is 3. The molecule has 1 saturated carbocycles. The van der Waals surface area contributed by atoms with Gasteiger partial charge in [0.2, 0.25) is 5.91 Å². The Labute approximate surface area is 196 Å². The van der Waals surface area contributed by atoms with Crippen LogP contribution in [0.5, 0.6) is 5.75 Å². The van der Waals surface area contributed by atoms with Crippen LogP contribution in [-0.4, -0.2) is 39.9 Å². The van der Waals surface area contributed by atoms with Crippen molar-refractivity contribution in [1.82, 2.24) is 14.3 Å². The number of carbonyl (C=O) groups excluding carboxylic acids is 1. The summed E-state index contributed by atoms with van der Waals surface area (Å²) in [6.45, 7) is 10.00. The second-order valence-corrected chi connectivity index (χ2v) is 11.3. The number of hydrogen-bond donors (Lipinski definition) is 0. The first-order chi connectivity index (χ1) is 15.7. The summed E-state index contributed by atoms with van der Waals surface area (Å²) < 4.78 is 7.84. The molecular weight excluding hydrogens is 410 g/mol. The third-order valence-corrected chi connectivity index (χ3v) is 7.68. The van der Waals surface area contributed by atoms with E-state index in [0.717, 1.165) is 42.0 Å². The molecule has 2 bridgehead atoms. The Balaban J connectivity index is 1.52. The van der Waals surface area contributed by atoms with Crippen LogP contribution >= 0.6 is 0 Å². The zero-order valence-corrected chi connectivity index (χ0v) is 20.5. The first-order valence-electron chi connectivity index (χ1n) is 12.0. The average molecular weight is 446 g/mol. The number of ether oxygens (including phenoxy) is 1. The van der Waals surface area contributed by atoms with Crippen LogP contribution < -0.4 is 4.74 Å². The van der Waals surface area contributed by atoms with Gasteiger partial charge in [-0.2, -0.15) is 0 Å². The van der Waals surface area contributed by atoms with Gasteiger partial charge in [-0.25, -0.2) is 4.98 Å². The second-order valence-electron chi connectivity index (χ2n) is 11.3. The lowest BCUT2D eigenvalue weighted by Gasteiger charge is -2.39. The summed E-state index contributed by atoms with van der Waals surface area (Å²) in [4.78, 5) is 20.7. The van der Waals surface area contributed by atoms with Crippen molar-refractivity contribution in [3.8, 4) is 5.75 Å². The molecule has 5 rings (SSSR count). The number of methoxy groups -OCH3 is 1. The number of likely N-dealkylation sites (tertiary alicyclic amines) is 1. The normalized spacial score (nSPS) is 24.8. The Bertz CT molecular complexity index is 1200. The Morgan fingerprint density at radius 1 is 1.21 bits per heavy atom. The minimum absolute atomic E-state index is 0.132. The Morgan fingerprint density at radius 2 is 2.00 bits per heavy atom. The number of nitrogens with zero attached hydrogens (tertiary/aromatic N) is 3. The van der Waals surface area contributed by atoms with Gasteiger partial charge >= 0.3 is 0 Å². The van der Waals surface area contributed by atoms with Gasteiger partial charge < -0.3 is 14.0 Å². The first kappa shape index (κ1) is 22.0. The van der Waals surface area contributed by atoms with Crippen LogP contribution in [0.15, 0.2) is 48.8 Å². The van der Waals surface area contributed by atoms with Gasteiger partial charge in [-0.15, -0.1) is 0 Å². The highest BCUT2D eigenvalue weighted by Gasteiger charge is 2.51. The van der Waals surface area contributed by atoms with E-state index in [0.29, 0.717) is 12.5 Å². The van der Waals surface area contributed by atoms with Gasteiger partial charge in [0.1, 0.15) is 11.4 Å². The number of para-hydroxylation sites is 1. The third-order valence-electron chi connectivity index (χ3n) is 7.68. The number of pyridine rings is 1. The number of aryl methyl sites for hydroxylation is 1. The molecule has 174 valence electrons. The molecule has 3 aromatic rings. The van der Waals surface area contributed by atoms with Gasteiger partial charge in [-0.05, 0) is 60.8 Å². The highest BCUT2D eigenvalue weighted by Crippen LogP contribution is 2.53. The molecule has 3 atom stereocenters. The van der Waals surface area contributed by atoms with E-state index >= 15 is 0 Å². The van der Waals surface area contributed by atoms with Crippen LogP contribution in [0.1, 0.15) is 69.2 Å². The number of benzene rings is 1. The van der Waals surface area contributed by atoms with Crippen molar-refractivity contribution >= 4 is 11.6 Å². The maximum atomic E-state index is 13.9. The quantitative estimate of drug-likeness (QED) is 0.513. The fourth-order valence-electron chi connectivity index (χ4n) is 6.73. The Kier molecular flexibility index (Phi) is 5.26. The molecule has 1 amide bonds. The van der Waals surface area contributed by atoms with Crippen molar-refractivity contribution < 1.29 is 9.53 Å². The molecule has 0 radical (unpaired) electrons. The molecule has 2 aliphatic rings. The van der Waals surface area contributed by atoms with Gasteiger partial charge in [0.25, 0.3) is 0 Å². The molecule has 0 spiro atoms. The maximum Gasteiger partial charge on any atom is 0.223 e. The summed E-state index contributed by atoms with van der Waals surface area (Å²) in [6, 6.07) is 12.6. The van der Waals surface area contributed by atoms with E-state index in [1.165, 1.54) is 12.0 Å². The molecule has 2 aromatic heterocycles. The number of amides is 1. The Morgan fingerprint density at radius 3 is 2.79 bits per heavy atom. The van der Waals surface area contributed by atoms with Crippen molar-refractivity contribution in [2.75, 3.05) is 13.7 Å². The molecule has 1 aliphatic heterocycles. The summed E-state index contributed by atoms with van der Waals surface area (Å²) in [5, 5.41) is 0. The van der Waals surface area contributed by atoms with E-state index < -0.39 is 0 Å². The smallest absolute Gasteiger partial charge is 0.223 e. The molecular formula is C28H35N3O2. The largest absolute Gasteiger partial charge is 0.496 e. The van der Waals surface area contributed by atoms with E-state index in [4.69, 9.17) is 4.74 Å². The van der Waals surface area contributed by atoms with Gasteiger partial charge in [-0.1, -0.05) is 39.0 Å². The minimum atomic E-state index is -0.132. The SMILES string of the molecule is COc1ccccc1C(CC(=O)N1CC2(C)CC1CC(C)(C)C2)c1cnc2cc(C)ccn12.